The zero-order valence-corrected chi connectivity index (χ0v) is 48.8. The van der Waals surface area contributed by atoms with Gasteiger partial charge in [-0.25, -0.2) is 4.79 Å². The summed E-state index contributed by atoms with van der Waals surface area (Å²) in [6, 6.07) is 0. The number of aliphatic hydroxyl groups excluding tert-OH is 2. The first-order valence-electron chi connectivity index (χ1n) is 30.2. The molecule has 6 atom stereocenters. The number of allylic oxidation sites excluding steroid dienone is 21. The van der Waals surface area contributed by atoms with Crippen LogP contribution >= 0.6 is 0 Å². The number of aliphatic carboxylic acids is 1. The average Bonchev–Trinajstić information content (AvgIpc) is 3.46. The minimum atomic E-state index is -1.93. The number of esters is 3. The molecule has 0 aromatic rings. The van der Waals surface area contributed by atoms with Gasteiger partial charge in [-0.05, 0) is 116 Å². The summed E-state index contributed by atoms with van der Waals surface area (Å²) >= 11 is 0. The molecular formula is C67H104O12. The molecule has 0 aromatic carbocycles. The van der Waals surface area contributed by atoms with E-state index in [0.717, 1.165) is 128 Å². The summed E-state index contributed by atoms with van der Waals surface area (Å²) in [6.07, 6.45) is 63.0. The summed E-state index contributed by atoms with van der Waals surface area (Å²) in [7, 11) is 0. The van der Waals surface area contributed by atoms with Crippen molar-refractivity contribution in [3.8, 4) is 0 Å². The molecule has 1 fully saturated rings. The fourth-order valence-electron chi connectivity index (χ4n) is 8.17. The number of carbonyl (C=O) groups is 4. The Kier molecular flexibility index (Phi) is 48.7. The topological polar surface area (TPSA) is 175 Å². The van der Waals surface area contributed by atoms with Crippen molar-refractivity contribution in [3.63, 3.8) is 0 Å². The molecule has 79 heavy (non-hydrogen) atoms. The van der Waals surface area contributed by atoms with Crippen LogP contribution in [0.15, 0.2) is 134 Å². The molecule has 12 heteroatoms. The van der Waals surface area contributed by atoms with Crippen molar-refractivity contribution in [2.24, 2.45) is 0 Å². The van der Waals surface area contributed by atoms with Crippen LogP contribution < -0.4 is 0 Å². The molecule has 12 nitrogen and oxygen atoms in total. The molecule has 1 rings (SSSR count). The second-order valence-corrected chi connectivity index (χ2v) is 19.9. The van der Waals surface area contributed by atoms with E-state index in [9.17, 15) is 34.5 Å². The fraction of sp³-hybridized carbons (Fsp3) is 0.612. The molecule has 0 aliphatic carbocycles. The predicted molar refractivity (Wildman–Crippen MR) is 321 cm³/mol. The van der Waals surface area contributed by atoms with Gasteiger partial charge in [0.1, 0.15) is 18.8 Å². The molecule has 444 valence electrons. The van der Waals surface area contributed by atoms with Crippen LogP contribution in [0.2, 0.25) is 0 Å². The first-order chi connectivity index (χ1) is 38.6. The van der Waals surface area contributed by atoms with Crippen molar-refractivity contribution in [2.45, 2.75) is 250 Å². The highest BCUT2D eigenvalue weighted by molar-refractivity contribution is 5.74. The van der Waals surface area contributed by atoms with Gasteiger partial charge in [0.15, 0.2) is 24.6 Å². The van der Waals surface area contributed by atoms with Crippen LogP contribution in [0.5, 0.6) is 0 Å². The zero-order valence-electron chi connectivity index (χ0n) is 48.8. The van der Waals surface area contributed by atoms with Gasteiger partial charge >= 0.3 is 23.9 Å². The highest BCUT2D eigenvalue weighted by atomic mass is 16.7. The standard InChI is InChI=1S/C67H104O12/c1-4-7-10-13-16-19-22-25-28-29-30-31-34-35-38-41-44-47-50-53-59(68)75-56-58(77-60(69)54-51-48-45-42-39-36-32-26-23-20-17-14-11-8-5-2)57-76-67-65(63(72)62(71)64(79-67)66(73)74)78-61(70)55-52-49-46-43-40-37-33-27-24-21-18-15-12-9-6-3/h8-9,11-12,16-21,25-28,30-33,39,42,48,51,58,62-65,67,71-72H,4-7,10,13-15,22-24,29,34-38,40-41,43-47,49-50,52-57H2,1-3H3,(H,73,74)/b11-8-,12-9-,19-16-,20-17-,21-18-,28-25-,31-30-,32-26-,33-27-,42-39-,51-48-. The van der Waals surface area contributed by atoms with Crippen molar-refractivity contribution in [1.29, 1.82) is 0 Å². The summed E-state index contributed by atoms with van der Waals surface area (Å²) in [6.45, 7) is 5.62. The molecule has 0 spiro atoms. The second kappa shape index (κ2) is 53.5. The number of unbranched alkanes of at least 4 members (excludes halogenated alkanes) is 14. The monoisotopic (exact) mass is 1100 g/mol. The Labute approximate surface area is 477 Å². The third-order valence-corrected chi connectivity index (χ3v) is 12.7. The maximum atomic E-state index is 13.1. The lowest BCUT2D eigenvalue weighted by Crippen LogP contribution is -2.61. The van der Waals surface area contributed by atoms with Crippen LogP contribution in [0.25, 0.3) is 0 Å². The van der Waals surface area contributed by atoms with Crippen molar-refractivity contribution < 1.29 is 58.2 Å². The third kappa shape index (κ3) is 43.4. The SMILES string of the molecule is CC/C=C\C/C=C\C/C=C\C/C=C\C/C=C\CC(=O)OC(COC(=O)CCCCCCCC/C=C\C/C=C\C/C=C\CCCCC)COC1OC(C(=O)O)C(O)C(O)C1OC(=O)CCCCCCC/C=C\C/C=C\C/C=C\CC. The highest BCUT2D eigenvalue weighted by Gasteiger charge is 2.50. The van der Waals surface area contributed by atoms with Crippen LogP contribution in [-0.4, -0.2) is 89.2 Å². The number of ether oxygens (including phenoxy) is 5. The number of hydrogen-bond acceptors (Lipinski definition) is 11. The Bertz CT molecular complexity index is 1880. The van der Waals surface area contributed by atoms with Gasteiger partial charge in [-0.15, -0.1) is 0 Å². The van der Waals surface area contributed by atoms with E-state index in [1.807, 2.05) is 18.2 Å². The Morgan fingerprint density at radius 2 is 0.835 bits per heavy atom. The van der Waals surface area contributed by atoms with Gasteiger partial charge in [0.2, 0.25) is 0 Å². The zero-order chi connectivity index (χ0) is 57.5. The van der Waals surface area contributed by atoms with Crippen LogP contribution in [0.3, 0.4) is 0 Å². The van der Waals surface area contributed by atoms with Crippen LogP contribution in [-0.2, 0) is 42.9 Å². The number of carbonyl (C=O) groups excluding carboxylic acids is 3. The summed E-state index contributed by atoms with van der Waals surface area (Å²) in [5, 5.41) is 31.5. The van der Waals surface area contributed by atoms with Crippen LogP contribution in [0, 0.1) is 0 Å². The van der Waals surface area contributed by atoms with E-state index in [-0.39, 0.29) is 25.9 Å². The van der Waals surface area contributed by atoms with E-state index >= 15 is 0 Å². The van der Waals surface area contributed by atoms with E-state index in [2.05, 4.69) is 130 Å². The van der Waals surface area contributed by atoms with Crippen molar-refractivity contribution >= 4 is 23.9 Å². The molecule has 1 heterocycles. The second-order valence-electron chi connectivity index (χ2n) is 19.9. The van der Waals surface area contributed by atoms with Gasteiger partial charge < -0.3 is 39.0 Å². The Morgan fingerprint density at radius 3 is 1.28 bits per heavy atom. The summed E-state index contributed by atoms with van der Waals surface area (Å²) in [4.78, 5) is 51.1. The molecule has 1 aliphatic rings. The first-order valence-corrected chi connectivity index (χ1v) is 30.2. The van der Waals surface area contributed by atoms with E-state index < -0.39 is 67.3 Å². The van der Waals surface area contributed by atoms with Gasteiger partial charge in [-0.2, -0.15) is 0 Å². The maximum Gasteiger partial charge on any atom is 0.335 e. The Balaban J connectivity index is 2.76. The minimum absolute atomic E-state index is 0.0217. The number of rotatable bonds is 49. The third-order valence-electron chi connectivity index (χ3n) is 12.7. The maximum absolute atomic E-state index is 13.1. The molecule has 0 radical (unpaired) electrons. The quantitative estimate of drug-likeness (QED) is 0.0228. The minimum Gasteiger partial charge on any atom is -0.479 e. The van der Waals surface area contributed by atoms with Gasteiger partial charge in [-0.3, -0.25) is 14.4 Å². The number of carboxylic acid groups (broad SMARTS) is 1. The van der Waals surface area contributed by atoms with E-state index in [4.69, 9.17) is 23.7 Å². The molecule has 0 aromatic heterocycles. The van der Waals surface area contributed by atoms with Gasteiger partial charge in [0, 0.05) is 12.8 Å². The van der Waals surface area contributed by atoms with E-state index in [1.54, 1.807) is 6.08 Å². The van der Waals surface area contributed by atoms with Crippen LogP contribution in [0.4, 0.5) is 0 Å². The molecule has 1 saturated heterocycles. The fourth-order valence-corrected chi connectivity index (χ4v) is 8.17. The molecule has 1 aliphatic heterocycles. The summed E-state index contributed by atoms with van der Waals surface area (Å²) in [5.41, 5.74) is 0. The molecule has 6 unspecified atom stereocenters. The molecule has 0 bridgehead atoms. The molecule has 0 amide bonds. The number of hydrogen-bond donors (Lipinski definition) is 3. The van der Waals surface area contributed by atoms with Crippen LogP contribution in [0.1, 0.15) is 213 Å². The lowest BCUT2D eigenvalue weighted by Gasteiger charge is -2.40. The molecule has 0 saturated carbocycles. The number of aliphatic hydroxyl groups is 2. The molecular weight excluding hydrogens is 997 g/mol. The highest BCUT2D eigenvalue weighted by Crippen LogP contribution is 2.26. The largest absolute Gasteiger partial charge is 0.479 e. The van der Waals surface area contributed by atoms with E-state index in [1.165, 1.54) is 25.7 Å². The summed E-state index contributed by atoms with van der Waals surface area (Å²) in [5.74, 6) is -3.35. The Hall–Kier alpha value is -5.14. The van der Waals surface area contributed by atoms with Crippen molar-refractivity contribution in [1.82, 2.24) is 0 Å². The van der Waals surface area contributed by atoms with Gasteiger partial charge in [0.05, 0.1) is 13.0 Å². The Morgan fingerprint density at radius 1 is 0.443 bits per heavy atom. The van der Waals surface area contributed by atoms with Gasteiger partial charge in [0.25, 0.3) is 0 Å². The summed E-state index contributed by atoms with van der Waals surface area (Å²) < 4.78 is 28.3. The normalized spacial score (nSPS) is 18.8. The smallest absolute Gasteiger partial charge is 0.335 e. The van der Waals surface area contributed by atoms with Crippen molar-refractivity contribution in [3.05, 3.63) is 134 Å². The first kappa shape index (κ1) is 71.9. The van der Waals surface area contributed by atoms with E-state index in [0.29, 0.717) is 19.3 Å². The lowest BCUT2D eigenvalue weighted by atomic mass is 9.98. The number of carboxylic acids is 1. The lowest BCUT2D eigenvalue weighted by molar-refractivity contribution is -0.301. The van der Waals surface area contributed by atoms with Crippen molar-refractivity contribution in [2.75, 3.05) is 13.2 Å². The molecule has 3 N–H and O–H groups in total. The predicted octanol–water partition coefficient (Wildman–Crippen LogP) is 15.8. The average molecular weight is 1100 g/mol. The van der Waals surface area contributed by atoms with Gasteiger partial charge in [-0.1, -0.05) is 212 Å².